The maximum Gasteiger partial charge on any atom is 0.115 e. The predicted octanol–water partition coefficient (Wildman–Crippen LogP) is 1.98. The normalized spacial score (nSPS) is 21.6. The number of nitrogens with zero attached hydrogens (tertiary/aromatic N) is 2. The predicted molar refractivity (Wildman–Crippen MR) is 57.7 cm³/mol. The topological polar surface area (TPSA) is 35.6 Å². The van der Waals surface area contributed by atoms with E-state index in [1.807, 2.05) is 22.5 Å². The Balaban J connectivity index is 2.02. The zero-order chi connectivity index (χ0) is 9.26. The number of hydrogen-bond donors (Lipinski definition) is 1. The Kier molecular flexibility index (Phi) is 2.34. The average molecular weight is 212 g/mol. The monoisotopic (exact) mass is 212 g/mol. The van der Waals surface area contributed by atoms with E-state index in [1.165, 1.54) is 7.51 Å². The number of rotatable bonds is 2. The summed E-state index contributed by atoms with van der Waals surface area (Å²) in [6.45, 7) is 0. The van der Waals surface area contributed by atoms with E-state index < -0.39 is 0 Å². The summed E-state index contributed by atoms with van der Waals surface area (Å²) in [4.78, 5) is 0. The first-order valence-electron chi connectivity index (χ1n) is 3.77. The number of hydrogen-bond acceptors (Lipinski definition) is 3. The van der Waals surface area contributed by atoms with Gasteiger partial charge in [0.15, 0.2) is 0 Å². The summed E-state index contributed by atoms with van der Waals surface area (Å²) in [5, 5.41) is 13.3. The van der Waals surface area contributed by atoms with Gasteiger partial charge in [-0.3, -0.25) is 0 Å². The summed E-state index contributed by atoms with van der Waals surface area (Å²) < 4.78 is 2.01. The summed E-state index contributed by atoms with van der Waals surface area (Å²) in [6, 6.07) is 7.00. The summed E-state index contributed by atoms with van der Waals surface area (Å²) in [5.41, 5.74) is 1.01. The van der Waals surface area contributed by atoms with E-state index in [0.717, 1.165) is 5.56 Å². The fourth-order valence-electron chi connectivity index (χ4n) is 0.852. The molecule has 0 spiro atoms. The molecule has 5 heteroatoms. The van der Waals surface area contributed by atoms with Crippen LogP contribution in [0, 0.1) is 0 Å². The molecule has 1 aromatic rings. The Morgan fingerprint density at radius 3 is 2.62 bits per heavy atom. The van der Waals surface area contributed by atoms with Crippen LogP contribution in [0.3, 0.4) is 0 Å². The molecule has 0 amide bonds. The number of hydrazone groups is 1. The molecule has 0 fully saturated rings. The highest BCUT2D eigenvalue weighted by Crippen LogP contribution is 2.32. The molecule has 0 aromatic heterocycles. The molecular formula is C8H9N2OPS. The van der Waals surface area contributed by atoms with E-state index in [-0.39, 0.29) is 5.75 Å². The number of aromatic hydroxyl groups is 1. The highest BCUT2D eigenvalue weighted by atomic mass is 32.6. The zero-order valence-electron chi connectivity index (χ0n) is 7.08. The Morgan fingerprint density at radius 2 is 2.08 bits per heavy atom. The van der Waals surface area contributed by atoms with Crippen LogP contribution in [0.2, 0.25) is 0 Å². The lowest BCUT2D eigenvalue weighted by molar-refractivity contribution is 0.475. The van der Waals surface area contributed by atoms with Crippen LogP contribution >= 0.6 is 7.51 Å². The van der Waals surface area contributed by atoms with Crippen molar-refractivity contribution < 1.29 is 5.11 Å². The van der Waals surface area contributed by atoms with E-state index >= 15 is 0 Å². The molecule has 1 N–H and O–H groups in total. The van der Waals surface area contributed by atoms with Crippen LogP contribution < -0.4 is 0 Å². The average Bonchev–Trinajstić information content (AvgIpc) is 2.81. The zero-order valence-corrected chi connectivity index (χ0v) is 8.79. The quantitative estimate of drug-likeness (QED) is 0.601. The molecule has 0 radical (unpaired) electrons. The summed E-state index contributed by atoms with van der Waals surface area (Å²) in [6.07, 6.45) is 3.96. The lowest BCUT2D eigenvalue weighted by atomic mass is 10.2. The molecule has 0 bridgehead atoms. The van der Waals surface area contributed by atoms with Crippen molar-refractivity contribution in [1.29, 1.82) is 0 Å². The minimum Gasteiger partial charge on any atom is -0.508 e. The first-order chi connectivity index (χ1) is 6.25. The molecule has 1 atom stereocenters. The van der Waals surface area contributed by atoms with Crippen molar-refractivity contribution in [3.63, 3.8) is 0 Å². The first kappa shape index (κ1) is 8.73. The van der Waals surface area contributed by atoms with Crippen molar-refractivity contribution in [2.24, 2.45) is 5.10 Å². The smallest absolute Gasteiger partial charge is 0.115 e. The van der Waals surface area contributed by atoms with Gasteiger partial charge in [-0.2, -0.15) is 9.29 Å². The van der Waals surface area contributed by atoms with Crippen molar-refractivity contribution in [3.8, 4) is 5.75 Å². The van der Waals surface area contributed by atoms with Gasteiger partial charge >= 0.3 is 0 Å². The highest BCUT2D eigenvalue weighted by Gasteiger charge is 2.12. The van der Waals surface area contributed by atoms with Gasteiger partial charge in [-0.25, -0.2) is 0 Å². The van der Waals surface area contributed by atoms with E-state index in [2.05, 4.69) is 11.4 Å². The van der Waals surface area contributed by atoms with Gasteiger partial charge in [0.05, 0.1) is 6.21 Å². The van der Waals surface area contributed by atoms with E-state index in [0.29, 0.717) is 10.3 Å². The minimum absolute atomic E-state index is 0.289. The third-order valence-electron chi connectivity index (χ3n) is 1.60. The second kappa shape index (κ2) is 3.48. The van der Waals surface area contributed by atoms with Crippen LogP contribution in [0.25, 0.3) is 0 Å². The van der Waals surface area contributed by atoms with Crippen molar-refractivity contribution in [3.05, 3.63) is 29.8 Å². The molecule has 1 aromatic carbocycles. The molecule has 0 aliphatic carbocycles. The third kappa shape index (κ3) is 2.29. The molecule has 1 unspecified atom stereocenters. The molecule has 1 aliphatic rings. The van der Waals surface area contributed by atoms with Gasteiger partial charge in [0.2, 0.25) is 0 Å². The van der Waals surface area contributed by atoms with Gasteiger partial charge in [-0.1, -0.05) is 0 Å². The Labute approximate surface area is 80.7 Å². The molecule has 68 valence electrons. The Morgan fingerprint density at radius 1 is 1.46 bits per heavy atom. The highest BCUT2D eigenvalue weighted by molar-refractivity contribution is 8.31. The minimum atomic E-state index is 0.289. The van der Waals surface area contributed by atoms with Gasteiger partial charge in [-0.05, 0) is 40.1 Å². The van der Waals surface area contributed by atoms with Crippen LogP contribution in [-0.2, 0) is 10.3 Å². The van der Waals surface area contributed by atoms with Gasteiger partial charge in [0, 0.05) is 6.26 Å². The summed E-state index contributed by atoms with van der Waals surface area (Å²) in [7, 11) is 1.63. The fourth-order valence-corrected chi connectivity index (χ4v) is 2.67. The van der Waals surface area contributed by atoms with E-state index in [4.69, 9.17) is 5.11 Å². The van der Waals surface area contributed by atoms with Gasteiger partial charge in [0.25, 0.3) is 0 Å². The second-order valence-electron chi connectivity index (χ2n) is 2.62. The maximum atomic E-state index is 9.03. The van der Waals surface area contributed by atoms with Crippen LogP contribution in [0.5, 0.6) is 5.75 Å². The van der Waals surface area contributed by atoms with E-state index in [9.17, 15) is 0 Å². The van der Waals surface area contributed by atoms with Gasteiger partial charge in [-0.15, -0.1) is 0 Å². The molecule has 0 saturated carbocycles. The third-order valence-corrected chi connectivity index (χ3v) is 4.50. The molecule has 13 heavy (non-hydrogen) atoms. The van der Waals surface area contributed by atoms with Gasteiger partial charge in [0.1, 0.15) is 13.3 Å². The fraction of sp³-hybridized carbons (Fsp3) is 0.125. The molecule has 3 nitrogen and oxygen atoms in total. The maximum absolute atomic E-state index is 9.03. The number of phenolic OH excluding ortho intramolecular Hbond substituents is 1. The lowest BCUT2D eigenvalue weighted by Gasteiger charge is -1.94. The van der Waals surface area contributed by atoms with Crippen LogP contribution in [0.15, 0.2) is 29.4 Å². The lowest BCUT2D eigenvalue weighted by Crippen LogP contribution is -1.89. The first-order valence-corrected chi connectivity index (χ1v) is 6.81. The van der Waals surface area contributed by atoms with Crippen LogP contribution in [0.4, 0.5) is 0 Å². The second-order valence-corrected chi connectivity index (χ2v) is 6.74. The molecule has 2 rings (SSSR count). The van der Waals surface area contributed by atoms with Crippen LogP contribution in [-0.4, -0.2) is 21.8 Å². The Bertz CT molecular complexity index is 374. The Hall–Kier alpha value is -0.860. The van der Waals surface area contributed by atoms with Crippen LogP contribution in [0.1, 0.15) is 5.56 Å². The molecule has 1 heterocycles. The molecule has 0 saturated heterocycles. The molecule has 1 aliphatic heterocycles. The molecular weight excluding hydrogens is 203 g/mol. The number of phenols is 1. The summed E-state index contributed by atoms with van der Waals surface area (Å²) >= 11 is 0. The van der Waals surface area contributed by atoms with Crippen molar-refractivity contribution in [2.75, 3.05) is 6.26 Å². The summed E-state index contributed by atoms with van der Waals surface area (Å²) in [5.74, 6) is 0.289. The van der Waals surface area contributed by atoms with Crippen molar-refractivity contribution in [2.45, 2.75) is 0 Å². The van der Waals surface area contributed by atoms with Crippen molar-refractivity contribution >= 4 is 24.0 Å². The standard InChI is InChI=1S/C8H9N2OPS/c1-13-10(12-13)9-6-7-2-4-8(11)5-3-7/h2-6,11H,1H3/b9-6+. The number of benzene rings is 1. The van der Waals surface area contributed by atoms with E-state index in [1.54, 1.807) is 12.1 Å². The largest absolute Gasteiger partial charge is 0.508 e. The van der Waals surface area contributed by atoms with Crippen molar-refractivity contribution in [1.82, 2.24) is 4.18 Å². The van der Waals surface area contributed by atoms with Gasteiger partial charge < -0.3 is 5.11 Å². The SMILES string of the molecule is CS1=PN1/N=C/c1ccc(O)cc1.